The number of rotatable bonds is 4. The number of methoxy groups -OCH3 is 1. The Bertz CT molecular complexity index is 358. The summed E-state index contributed by atoms with van der Waals surface area (Å²) in [6.45, 7) is -2.46. The average molecular weight is 272 g/mol. The lowest BCUT2D eigenvalue weighted by atomic mass is 10.7. The molecule has 0 radical (unpaired) electrons. The molecule has 0 aromatic rings. The van der Waals surface area contributed by atoms with Crippen LogP contribution < -0.4 is 0 Å². The first-order valence-electron chi connectivity index (χ1n) is 3.36. The Kier molecular flexibility index (Phi) is 4.22. The second-order valence-electron chi connectivity index (χ2n) is 2.34. The van der Waals surface area contributed by atoms with E-state index in [0.717, 1.165) is 0 Å². The molecule has 0 amide bonds. The van der Waals surface area contributed by atoms with Crippen LogP contribution in [-0.2, 0) is 23.8 Å². The highest BCUT2D eigenvalue weighted by Gasteiger charge is 2.56. The molecule has 0 rings (SSSR count). The Morgan fingerprint density at radius 2 is 1.62 bits per heavy atom. The smallest absolute Gasteiger partial charge is 0.464 e. The number of carbonyl (C=O) groups is 1. The van der Waals surface area contributed by atoms with E-state index in [1.54, 1.807) is 0 Å². The molecule has 0 aromatic carbocycles. The average Bonchev–Trinajstić information content (AvgIpc) is 2.12. The number of esters is 1. The SMILES string of the molecule is COC(=O)C(F)(F)S(=O)(=O)OCC(F)(F)F. The highest BCUT2D eigenvalue weighted by atomic mass is 32.2. The minimum Gasteiger partial charge on any atom is -0.464 e. The highest BCUT2D eigenvalue weighted by Crippen LogP contribution is 2.27. The van der Waals surface area contributed by atoms with Gasteiger partial charge in [-0.2, -0.15) is 30.4 Å². The fourth-order valence-electron chi connectivity index (χ4n) is 0.439. The molecule has 0 fully saturated rings. The van der Waals surface area contributed by atoms with Crippen molar-refractivity contribution < 1.29 is 44.1 Å². The summed E-state index contributed by atoms with van der Waals surface area (Å²) >= 11 is 0. The van der Waals surface area contributed by atoms with Crippen molar-refractivity contribution in [1.29, 1.82) is 0 Å². The van der Waals surface area contributed by atoms with Crippen LogP contribution in [0.1, 0.15) is 0 Å². The predicted molar refractivity (Wildman–Crippen MR) is 37.9 cm³/mol. The van der Waals surface area contributed by atoms with E-state index in [-0.39, 0.29) is 0 Å². The van der Waals surface area contributed by atoms with E-state index in [4.69, 9.17) is 0 Å². The molecule has 0 N–H and O–H groups in total. The van der Waals surface area contributed by atoms with Crippen LogP contribution >= 0.6 is 0 Å². The van der Waals surface area contributed by atoms with E-state index < -0.39 is 34.1 Å². The second-order valence-corrected chi connectivity index (χ2v) is 4.00. The van der Waals surface area contributed by atoms with Gasteiger partial charge in [-0.15, -0.1) is 0 Å². The molecular weight excluding hydrogens is 267 g/mol. The molecule has 0 unspecified atom stereocenters. The van der Waals surface area contributed by atoms with Crippen LogP contribution in [0, 0.1) is 0 Å². The van der Waals surface area contributed by atoms with Crippen molar-refractivity contribution in [2.24, 2.45) is 0 Å². The van der Waals surface area contributed by atoms with E-state index in [9.17, 15) is 35.2 Å². The normalized spacial score (nSPS) is 13.6. The first-order valence-corrected chi connectivity index (χ1v) is 4.77. The van der Waals surface area contributed by atoms with E-state index in [1.807, 2.05) is 0 Å². The number of halogens is 5. The van der Waals surface area contributed by atoms with Crippen molar-refractivity contribution in [1.82, 2.24) is 0 Å². The summed E-state index contributed by atoms with van der Waals surface area (Å²) in [6.07, 6.45) is -5.13. The Morgan fingerprint density at radius 1 is 1.19 bits per heavy atom. The molecular formula is C5H5F5O5S. The van der Waals surface area contributed by atoms with E-state index in [1.165, 1.54) is 0 Å². The Labute approximate surface area is 86.2 Å². The van der Waals surface area contributed by atoms with Crippen molar-refractivity contribution in [3.8, 4) is 0 Å². The molecule has 0 aliphatic carbocycles. The van der Waals surface area contributed by atoms with E-state index >= 15 is 0 Å². The van der Waals surface area contributed by atoms with Gasteiger partial charge in [-0.1, -0.05) is 0 Å². The van der Waals surface area contributed by atoms with Gasteiger partial charge in [0, 0.05) is 0 Å². The minimum absolute atomic E-state index is 0.440. The summed E-state index contributed by atoms with van der Waals surface area (Å²) in [5, 5.41) is -5.19. The quantitative estimate of drug-likeness (QED) is 0.427. The Balaban J connectivity index is 4.87. The van der Waals surface area contributed by atoms with Crippen LogP contribution in [0.3, 0.4) is 0 Å². The van der Waals surface area contributed by atoms with Crippen molar-refractivity contribution in [3.05, 3.63) is 0 Å². The number of hydrogen-bond acceptors (Lipinski definition) is 5. The summed E-state index contributed by atoms with van der Waals surface area (Å²) in [5.74, 6) is -2.53. The number of alkyl halides is 5. The van der Waals surface area contributed by atoms with Crippen molar-refractivity contribution >= 4 is 16.1 Å². The molecule has 0 spiro atoms. The van der Waals surface area contributed by atoms with Gasteiger partial charge >= 0.3 is 27.5 Å². The lowest BCUT2D eigenvalue weighted by molar-refractivity contribution is -0.163. The summed E-state index contributed by atoms with van der Waals surface area (Å²) in [6, 6.07) is 0. The van der Waals surface area contributed by atoms with Crippen LogP contribution in [0.5, 0.6) is 0 Å². The third-order valence-electron chi connectivity index (χ3n) is 1.11. The third-order valence-corrected chi connectivity index (χ3v) is 2.34. The monoisotopic (exact) mass is 272 g/mol. The van der Waals surface area contributed by atoms with Gasteiger partial charge in [0.15, 0.2) is 6.61 Å². The van der Waals surface area contributed by atoms with Crippen molar-refractivity contribution in [2.45, 2.75) is 11.4 Å². The predicted octanol–water partition coefficient (Wildman–Crippen LogP) is 0.661. The van der Waals surface area contributed by atoms with Gasteiger partial charge in [-0.05, 0) is 0 Å². The number of hydrogen-bond donors (Lipinski definition) is 0. The summed E-state index contributed by atoms with van der Waals surface area (Å²) in [4.78, 5) is 10.3. The van der Waals surface area contributed by atoms with Gasteiger partial charge in [0.1, 0.15) is 0 Å². The summed E-state index contributed by atoms with van der Waals surface area (Å²) < 4.78 is 87.2. The maximum Gasteiger partial charge on any atom is 0.466 e. The highest BCUT2D eigenvalue weighted by molar-refractivity contribution is 7.88. The van der Waals surface area contributed by atoms with Gasteiger partial charge in [0.25, 0.3) is 0 Å². The minimum atomic E-state index is -6.03. The maximum atomic E-state index is 12.6. The fourth-order valence-corrected chi connectivity index (χ4v) is 1.16. The van der Waals surface area contributed by atoms with E-state index in [0.29, 0.717) is 7.11 Å². The molecule has 0 aromatic heterocycles. The van der Waals surface area contributed by atoms with Crippen molar-refractivity contribution in [2.75, 3.05) is 13.7 Å². The number of carbonyl (C=O) groups excluding carboxylic acids is 1. The zero-order valence-corrected chi connectivity index (χ0v) is 8.36. The van der Waals surface area contributed by atoms with Crippen LogP contribution in [0.25, 0.3) is 0 Å². The molecule has 5 nitrogen and oxygen atoms in total. The van der Waals surface area contributed by atoms with Gasteiger partial charge in [0.05, 0.1) is 7.11 Å². The van der Waals surface area contributed by atoms with Crippen LogP contribution in [0.15, 0.2) is 0 Å². The molecule has 16 heavy (non-hydrogen) atoms. The zero-order chi connectivity index (χ0) is 13.2. The Hall–Kier alpha value is -0.970. The number of ether oxygens (including phenoxy) is 1. The molecule has 0 aliphatic rings. The lowest BCUT2D eigenvalue weighted by Gasteiger charge is -2.14. The zero-order valence-electron chi connectivity index (χ0n) is 7.55. The molecule has 0 aliphatic heterocycles. The lowest BCUT2D eigenvalue weighted by Crippen LogP contribution is -2.41. The van der Waals surface area contributed by atoms with Gasteiger partial charge in [0.2, 0.25) is 0 Å². The first-order chi connectivity index (χ1) is 6.94. The standard InChI is InChI=1S/C5H5F5O5S/c1-14-3(11)5(9,10)16(12,13)15-2-4(6,7)8/h2H2,1H3. The molecule has 0 saturated carbocycles. The van der Waals surface area contributed by atoms with Gasteiger partial charge < -0.3 is 4.74 Å². The first kappa shape index (κ1) is 15.0. The van der Waals surface area contributed by atoms with Crippen molar-refractivity contribution in [3.63, 3.8) is 0 Å². The molecule has 0 bridgehead atoms. The Morgan fingerprint density at radius 3 is 1.94 bits per heavy atom. The van der Waals surface area contributed by atoms with Crippen LogP contribution in [-0.4, -0.2) is 39.5 Å². The van der Waals surface area contributed by atoms with Crippen LogP contribution in [0.4, 0.5) is 22.0 Å². The molecule has 0 atom stereocenters. The van der Waals surface area contributed by atoms with Gasteiger partial charge in [-0.25, -0.2) is 4.79 Å². The molecule has 11 heteroatoms. The summed E-state index contributed by atoms with van der Waals surface area (Å²) in [7, 11) is -5.59. The largest absolute Gasteiger partial charge is 0.466 e. The van der Waals surface area contributed by atoms with Crippen LogP contribution in [0.2, 0.25) is 0 Å². The van der Waals surface area contributed by atoms with Gasteiger partial charge in [-0.3, -0.25) is 4.18 Å². The molecule has 0 saturated heterocycles. The fraction of sp³-hybridized carbons (Fsp3) is 0.800. The summed E-state index contributed by atoms with van der Waals surface area (Å²) in [5.41, 5.74) is 0. The second kappa shape index (κ2) is 4.49. The van der Waals surface area contributed by atoms with E-state index in [2.05, 4.69) is 8.92 Å². The third kappa shape index (κ3) is 3.56. The molecule has 96 valence electrons. The topological polar surface area (TPSA) is 69.7 Å². The maximum absolute atomic E-state index is 12.6. The molecule has 0 heterocycles.